The van der Waals surface area contributed by atoms with Crippen molar-refractivity contribution in [3.63, 3.8) is 0 Å². The minimum absolute atomic E-state index is 0.0120. The van der Waals surface area contributed by atoms with Crippen molar-refractivity contribution >= 4 is 56.4 Å². The first-order valence-electron chi connectivity index (χ1n) is 10.5. The van der Waals surface area contributed by atoms with Gasteiger partial charge in [0, 0.05) is 25.0 Å². The van der Waals surface area contributed by atoms with Gasteiger partial charge in [-0.05, 0) is 57.3 Å². The molecule has 1 aromatic heterocycles. The molecule has 2 N–H and O–H groups in total. The van der Waals surface area contributed by atoms with Gasteiger partial charge in [-0.2, -0.15) is 24.8 Å². The van der Waals surface area contributed by atoms with E-state index in [0.717, 1.165) is 17.5 Å². The van der Waals surface area contributed by atoms with E-state index in [9.17, 15) is 18.0 Å². The summed E-state index contributed by atoms with van der Waals surface area (Å²) in [6, 6.07) is 4.34. The smallest absolute Gasteiger partial charge is 0.245 e. The topological polar surface area (TPSA) is 121 Å². The largest absolute Gasteiger partial charge is 0.352 e. The SMILES string of the molecule is CSCC[C@@H](NC(=O)C1CCN(S(=O)(=O)c2cccc3nsnc23)CC1)C(=O)NC(C)C. The van der Waals surface area contributed by atoms with Crippen molar-refractivity contribution in [1.29, 1.82) is 0 Å². The molecular formula is C20H29N5O4S3. The van der Waals surface area contributed by atoms with Gasteiger partial charge in [-0.1, -0.05) is 6.07 Å². The van der Waals surface area contributed by atoms with Crippen molar-refractivity contribution in [3.8, 4) is 0 Å². The zero-order valence-corrected chi connectivity index (χ0v) is 20.9. The van der Waals surface area contributed by atoms with Gasteiger partial charge in [0.05, 0.1) is 11.7 Å². The first kappa shape index (κ1) is 24.9. The van der Waals surface area contributed by atoms with Gasteiger partial charge in [0.1, 0.15) is 22.0 Å². The Balaban J connectivity index is 1.63. The molecule has 32 heavy (non-hydrogen) atoms. The minimum atomic E-state index is -3.73. The third-order valence-corrected chi connectivity index (χ3v) is 8.48. The van der Waals surface area contributed by atoms with E-state index in [1.165, 1.54) is 4.31 Å². The standard InChI is InChI=1S/C20H29N5O4S3/c1-13(2)21-20(27)16(9-12-30-3)22-19(26)14-7-10-25(11-8-14)32(28,29)17-6-4-5-15-18(17)24-31-23-15/h4-6,13-14,16H,7-12H2,1-3H3,(H,21,27)(H,22,26)/t16-/m1/s1. The Labute approximate surface area is 197 Å². The number of carbonyl (C=O) groups excluding carboxylic acids is 2. The predicted molar refractivity (Wildman–Crippen MR) is 127 cm³/mol. The Morgan fingerprint density at radius 3 is 2.59 bits per heavy atom. The molecule has 176 valence electrons. The average Bonchev–Trinajstić information content (AvgIpc) is 3.24. The van der Waals surface area contributed by atoms with E-state index in [1.807, 2.05) is 20.1 Å². The summed E-state index contributed by atoms with van der Waals surface area (Å²) < 4.78 is 36.0. The molecular weight excluding hydrogens is 470 g/mol. The molecule has 1 aliphatic heterocycles. The number of aromatic nitrogens is 2. The fourth-order valence-electron chi connectivity index (χ4n) is 3.67. The van der Waals surface area contributed by atoms with Gasteiger partial charge in [0.2, 0.25) is 21.8 Å². The van der Waals surface area contributed by atoms with E-state index < -0.39 is 16.1 Å². The van der Waals surface area contributed by atoms with E-state index >= 15 is 0 Å². The number of fused-ring (bicyclic) bond motifs is 1. The number of amides is 2. The molecule has 0 bridgehead atoms. The van der Waals surface area contributed by atoms with Crippen molar-refractivity contribution in [1.82, 2.24) is 23.7 Å². The highest BCUT2D eigenvalue weighted by molar-refractivity contribution is 7.98. The third-order valence-electron chi connectivity index (χ3n) is 5.37. The number of rotatable bonds is 9. The van der Waals surface area contributed by atoms with E-state index in [-0.39, 0.29) is 41.8 Å². The summed E-state index contributed by atoms with van der Waals surface area (Å²) in [6.45, 7) is 4.23. The maximum Gasteiger partial charge on any atom is 0.245 e. The summed E-state index contributed by atoms with van der Waals surface area (Å²) in [6.07, 6.45) is 3.30. The van der Waals surface area contributed by atoms with Crippen LogP contribution in [0.5, 0.6) is 0 Å². The molecule has 0 saturated carbocycles. The Morgan fingerprint density at radius 1 is 1.22 bits per heavy atom. The zero-order valence-electron chi connectivity index (χ0n) is 18.4. The molecule has 2 heterocycles. The summed E-state index contributed by atoms with van der Waals surface area (Å²) in [5.74, 6) is 0.0384. The van der Waals surface area contributed by atoms with Crippen LogP contribution in [0.2, 0.25) is 0 Å². The van der Waals surface area contributed by atoms with Crippen LogP contribution in [-0.4, -0.2) is 70.5 Å². The van der Waals surface area contributed by atoms with Gasteiger partial charge in [-0.25, -0.2) is 8.42 Å². The molecule has 1 aliphatic rings. The predicted octanol–water partition coefficient (Wildman–Crippen LogP) is 1.85. The Morgan fingerprint density at radius 2 is 1.94 bits per heavy atom. The van der Waals surface area contributed by atoms with Crippen LogP contribution in [0.1, 0.15) is 33.1 Å². The molecule has 1 aromatic carbocycles. The molecule has 1 atom stereocenters. The molecule has 0 spiro atoms. The van der Waals surface area contributed by atoms with Gasteiger partial charge in [-0.3, -0.25) is 9.59 Å². The molecule has 1 fully saturated rings. The van der Waals surface area contributed by atoms with Gasteiger partial charge in [0.25, 0.3) is 0 Å². The fourth-order valence-corrected chi connectivity index (χ4v) is 6.36. The van der Waals surface area contributed by atoms with Crippen LogP contribution in [0.25, 0.3) is 11.0 Å². The lowest BCUT2D eigenvalue weighted by Crippen LogP contribution is -2.51. The molecule has 2 aromatic rings. The van der Waals surface area contributed by atoms with Crippen LogP contribution < -0.4 is 10.6 Å². The van der Waals surface area contributed by atoms with Crippen molar-refractivity contribution < 1.29 is 18.0 Å². The van der Waals surface area contributed by atoms with Crippen LogP contribution in [0, 0.1) is 5.92 Å². The van der Waals surface area contributed by atoms with Gasteiger partial charge in [0.15, 0.2) is 0 Å². The summed E-state index contributed by atoms with van der Waals surface area (Å²) in [7, 11) is -3.73. The lowest BCUT2D eigenvalue weighted by atomic mass is 9.96. The van der Waals surface area contributed by atoms with Crippen molar-refractivity contribution in [2.75, 3.05) is 25.1 Å². The highest BCUT2D eigenvalue weighted by Crippen LogP contribution is 2.28. The summed E-state index contributed by atoms with van der Waals surface area (Å²) >= 11 is 2.60. The zero-order chi connectivity index (χ0) is 23.3. The van der Waals surface area contributed by atoms with Crippen molar-refractivity contribution in [2.24, 2.45) is 5.92 Å². The molecule has 1 saturated heterocycles. The number of benzene rings is 1. The van der Waals surface area contributed by atoms with Crippen molar-refractivity contribution in [3.05, 3.63) is 18.2 Å². The Kier molecular flexibility index (Phi) is 8.48. The number of nitrogens with one attached hydrogen (secondary N) is 2. The minimum Gasteiger partial charge on any atom is -0.352 e. The van der Waals surface area contributed by atoms with E-state index in [1.54, 1.807) is 30.0 Å². The molecule has 3 rings (SSSR count). The first-order valence-corrected chi connectivity index (χ1v) is 14.1. The number of carbonyl (C=O) groups is 2. The lowest BCUT2D eigenvalue weighted by molar-refractivity contribution is -0.132. The van der Waals surface area contributed by atoms with Crippen LogP contribution in [0.4, 0.5) is 0 Å². The fraction of sp³-hybridized carbons (Fsp3) is 0.600. The second-order valence-electron chi connectivity index (χ2n) is 8.07. The Hall–Kier alpha value is -1.76. The highest BCUT2D eigenvalue weighted by Gasteiger charge is 2.34. The number of piperidine rings is 1. The van der Waals surface area contributed by atoms with Crippen LogP contribution in [-0.2, 0) is 19.6 Å². The molecule has 0 radical (unpaired) electrons. The average molecular weight is 500 g/mol. The van der Waals surface area contributed by atoms with E-state index in [4.69, 9.17) is 0 Å². The Bertz CT molecular complexity index is 1050. The summed E-state index contributed by atoms with van der Waals surface area (Å²) in [4.78, 5) is 25.5. The van der Waals surface area contributed by atoms with Crippen LogP contribution in [0.3, 0.4) is 0 Å². The highest BCUT2D eigenvalue weighted by atomic mass is 32.2. The number of hydrogen-bond acceptors (Lipinski definition) is 8. The van der Waals surface area contributed by atoms with Gasteiger partial charge < -0.3 is 10.6 Å². The molecule has 2 amide bonds. The number of thioether (sulfide) groups is 1. The monoisotopic (exact) mass is 499 g/mol. The summed E-state index contributed by atoms with van der Waals surface area (Å²) in [5.41, 5.74) is 0.937. The quantitative estimate of drug-likeness (QED) is 0.540. The van der Waals surface area contributed by atoms with Crippen LogP contribution in [0.15, 0.2) is 23.1 Å². The van der Waals surface area contributed by atoms with Crippen LogP contribution >= 0.6 is 23.5 Å². The number of hydrogen-bond donors (Lipinski definition) is 2. The van der Waals surface area contributed by atoms with Gasteiger partial charge in [-0.15, -0.1) is 0 Å². The maximum absolute atomic E-state index is 13.2. The molecule has 0 unspecified atom stereocenters. The van der Waals surface area contributed by atoms with E-state index in [2.05, 4.69) is 19.4 Å². The lowest BCUT2D eigenvalue weighted by Gasteiger charge is -2.31. The maximum atomic E-state index is 13.2. The molecule has 12 heteroatoms. The number of nitrogens with zero attached hydrogens (tertiary/aromatic N) is 3. The summed E-state index contributed by atoms with van der Waals surface area (Å²) in [5, 5.41) is 5.74. The normalized spacial score (nSPS) is 16.9. The van der Waals surface area contributed by atoms with Crippen molar-refractivity contribution in [2.45, 2.75) is 50.1 Å². The first-order chi connectivity index (χ1) is 15.2. The third kappa shape index (κ3) is 5.77. The van der Waals surface area contributed by atoms with Gasteiger partial charge >= 0.3 is 0 Å². The molecule has 9 nitrogen and oxygen atoms in total. The molecule has 0 aliphatic carbocycles. The van der Waals surface area contributed by atoms with E-state index in [0.29, 0.717) is 30.3 Å². The second-order valence-corrected chi connectivity index (χ2v) is 11.5. The number of sulfonamides is 1. The second kappa shape index (κ2) is 10.9.